The van der Waals surface area contributed by atoms with Gasteiger partial charge in [0.15, 0.2) is 18.9 Å². The first-order valence-corrected chi connectivity index (χ1v) is 33.0. The summed E-state index contributed by atoms with van der Waals surface area (Å²) in [6.45, 7) is -5.12. The number of ether oxygens (including phenoxy) is 13. The Morgan fingerprint density at radius 1 is 0.467 bits per heavy atom. The maximum Gasteiger partial charge on any atom is 0.302 e. The number of carboxylic acids is 3. The van der Waals surface area contributed by atoms with Crippen molar-refractivity contribution in [2.24, 2.45) is 0 Å². The number of hydrogen-bond donors (Lipinski definition) is 23. The Balaban J connectivity index is 1.42. The van der Waals surface area contributed by atoms with E-state index in [4.69, 9.17) is 56.8 Å². The molecule has 6 aliphatic rings. The van der Waals surface area contributed by atoms with Crippen LogP contribution in [0.4, 0.5) is 0 Å². The van der Waals surface area contributed by atoms with Crippen molar-refractivity contribution >= 4 is 53.9 Å². The normalized spacial score (nSPS) is 39.5. The summed E-state index contributed by atoms with van der Waals surface area (Å²) in [6.07, 6.45) is -66.2. The molecule has 107 heavy (non-hydrogen) atoms. The molecule has 0 aromatic carbocycles. The van der Waals surface area contributed by atoms with E-state index in [-0.39, 0.29) is 6.41 Å². The Hall–Kier alpha value is -5.97. The summed E-state index contributed by atoms with van der Waals surface area (Å²) in [5.41, 5.74) is 0. The molecule has 48 heteroatoms. The van der Waals surface area contributed by atoms with Crippen LogP contribution < -0.4 is 41.9 Å². The number of esters is 1. The van der Waals surface area contributed by atoms with Crippen molar-refractivity contribution in [3.63, 3.8) is 0 Å². The van der Waals surface area contributed by atoms with E-state index in [1.54, 1.807) is 0 Å². The lowest BCUT2D eigenvalue weighted by molar-refractivity contribution is -0.422. The lowest BCUT2D eigenvalue weighted by atomic mass is 9.86. The van der Waals surface area contributed by atoms with Crippen LogP contribution >= 0.6 is 0 Å². The van der Waals surface area contributed by atoms with Crippen LogP contribution in [-0.4, -0.2) is 406 Å². The third kappa shape index (κ3) is 21.0. The molecule has 6 rings (SSSR count). The molecule has 48 nitrogen and oxygen atoms in total. The second kappa shape index (κ2) is 38.8. The molecule has 6 heterocycles. The predicted molar refractivity (Wildman–Crippen MR) is 323 cm³/mol. The zero-order valence-electron chi connectivity index (χ0n) is 57.5. The maximum atomic E-state index is 14.0. The predicted octanol–water partition coefficient (Wildman–Crippen LogP) is -20.2. The molecule has 6 aliphatic heterocycles. The molecule has 614 valence electrons. The van der Waals surface area contributed by atoms with Gasteiger partial charge < -0.3 is 210 Å². The van der Waals surface area contributed by atoms with E-state index in [1.165, 1.54) is 0 Å². The highest BCUT2D eigenvalue weighted by molar-refractivity contribution is 5.77. The fourth-order valence-corrected chi connectivity index (χ4v) is 13.0. The molecule has 23 N–H and O–H groups in total. The highest BCUT2D eigenvalue weighted by atomic mass is 16.8. The lowest BCUT2D eigenvalue weighted by Gasteiger charge is -2.54. The van der Waals surface area contributed by atoms with E-state index in [1.807, 2.05) is 0 Å². The van der Waals surface area contributed by atoms with Gasteiger partial charge in [-0.1, -0.05) is 0 Å². The molecule has 0 bridgehead atoms. The molecule has 0 unspecified atom stereocenters. The van der Waals surface area contributed by atoms with Crippen molar-refractivity contribution in [3.05, 3.63) is 0 Å². The van der Waals surface area contributed by atoms with Gasteiger partial charge in [0.1, 0.15) is 153 Å². The average molecular weight is 1560 g/mol. The third-order valence-corrected chi connectivity index (χ3v) is 18.2. The van der Waals surface area contributed by atoms with Crippen molar-refractivity contribution in [2.75, 3.05) is 52.9 Å². The van der Waals surface area contributed by atoms with Gasteiger partial charge >= 0.3 is 5.97 Å². The summed E-state index contributed by atoms with van der Waals surface area (Å²) < 4.78 is 73.8. The summed E-state index contributed by atoms with van der Waals surface area (Å²) in [7, 11) is 0. The summed E-state index contributed by atoms with van der Waals surface area (Å²) in [6, 6.07) is -9.32. The third-order valence-electron chi connectivity index (χ3n) is 18.2. The van der Waals surface area contributed by atoms with E-state index in [0.717, 1.165) is 34.6 Å². The van der Waals surface area contributed by atoms with Gasteiger partial charge in [-0.05, 0) is 0 Å². The zero-order chi connectivity index (χ0) is 80.2. The van der Waals surface area contributed by atoms with E-state index in [2.05, 4.69) is 31.3 Å². The number of rotatable bonds is 36. The van der Waals surface area contributed by atoms with Gasteiger partial charge in [0.05, 0.1) is 88.7 Å². The molecule has 0 spiro atoms. The van der Waals surface area contributed by atoms with Crippen LogP contribution in [0.25, 0.3) is 0 Å². The second-order valence-electron chi connectivity index (χ2n) is 26.0. The van der Waals surface area contributed by atoms with Crippen LogP contribution in [0, 0.1) is 0 Å². The Bertz CT molecular complexity index is 2990. The first-order chi connectivity index (χ1) is 50.2. The van der Waals surface area contributed by atoms with Crippen molar-refractivity contribution in [1.29, 1.82) is 0 Å². The minimum Gasteiger partial charge on any atom is -0.544 e. The van der Waals surface area contributed by atoms with Gasteiger partial charge in [-0.25, -0.2) is 0 Å². The summed E-state index contributed by atoms with van der Waals surface area (Å²) in [4.78, 5) is 114. The fourth-order valence-electron chi connectivity index (χ4n) is 13.0. The number of carbonyl (C=O) groups is 9. The van der Waals surface area contributed by atoms with E-state index >= 15 is 0 Å². The van der Waals surface area contributed by atoms with Crippen LogP contribution in [0.2, 0.25) is 0 Å². The van der Waals surface area contributed by atoms with Crippen LogP contribution in [0.5, 0.6) is 0 Å². The maximum absolute atomic E-state index is 14.0. The standard InChI is InChI=1S/C59H95N5O43/c1-18(72)61-33-24(77)6-57(54(89)90,104-47(33)37(81)27(80)16-95-22(5)76)102-29(11-67)39(83)48-34(62-19(2)73)25(78)7-58(105-48,55(91)92)103-30(12-68)40(84)49-35(63-20(3)74)26(79)8-59(106-49,56(93)94)107-50-44(88)53(100-45-31(13-69)98-52(43(87)42(45)86)96-15-23(9-65)60-17-71)99-32(14-70)46(50)101-51-36(64-21(4)75)41(85)38(82)28(10-66)97-51/h17,23-53,65-70,77-88H,6-16H2,1-5H3,(H,60,71)(H,61,72)(H,62,73)(H,63,74)(H,64,75)(H,89,90)(H,91,92)(H,93,94)/p-3/t23-,24+,25+,26+,27-,28-,29-,30-,31-,32-,33-,34-,35-,36-,37-,38+,39-,40-,41-,42-,43-,44-,45-,46+,47-,48-,49-,50-,51+,52-,53+,57-,58-,59+/m1/s1. The summed E-state index contributed by atoms with van der Waals surface area (Å²) in [5, 5.41) is 254. The van der Waals surface area contributed by atoms with Crippen molar-refractivity contribution in [3.8, 4) is 0 Å². The SMILES string of the molecule is CC(=O)N[C@H]1[C@H](O[C@@H]2[C@H](O[C@]3(C(=O)[O-])C[C@H](O)[C@@H](NC(C)=O)[C@H]([C@H](O)[C@@H](CO)O[C@]4(C(=O)[O-])C[C@H](O)[C@@H](NC(C)=O)[C@H]([C@H](O)[C@@H](CO)O[C@]5(C(=O)[O-])C[C@H](O)[C@@H](NC(C)=O)[C@H]([C@H](O)[C@H](O)COC(C)=O)O5)O4)O3)[C@@H](O)[C@H](O[C@H]3[C@H](O)[C@@H](O)[C@H](OC[C@@H](CO)NC=O)O[C@@H]3CO)O[C@@H]2CO)O[C@H](CO)[C@H](O)[C@@H]1O. The van der Waals surface area contributed by atoms with Crippen molar-refractivity contribution in [1.82, 2.24) is 26.6 Å². The number of carboxylic acid groups (broad SMARTS) is 3. The van der Waals surface area contributed by atoms with Crippen LogP contribution in [-0.2, 0) is 105 Å². The van der Waals surface area contributed by atoms with Gasteiger partial charge in [-0.15, -0.1) is 0 Å². The number of nitrogens with one attached hydrogen (secondary N) is 5. The number of hydrogen-bond acceptors (Lipinski definition) is 43. The van der Waals surface area contributed by atoms with Crippen LogP contribution in [0.1, 0.15) is 53.9 Å². The average Bonchev–Trinajstić information content (AvgIpc) is 0.752. The molecule has 6 fully saturated rings. The van der Waals surface area contributed by atoms with Crippen LogP contribution in [0.3, 0.4) is 0 Å². The van der Waals surface area contributed by atoms with Gasteiger partial charge in [-0.3, -0.25) is 28.8 Å². The molecule has 0 aromatic rings. The monoisotopic (exact) mass is 1560 g/mol. The molecule has 0 saturated carbocycles. The van der Waals surface area contributed by atoms with Crippen molar-refractivity contribution < 1.29 is 212 Å². The molecule has 6 saturated heterocycles. The molecular weight excluding hydrogens is 1470 g/mol. The first-order valence-electron chi connectivity index (χ1n) is 33.0. The Morgan fingerprint density at radius 2 is 0.869 bits per heavy atom. The molecule has 0 aliphatic carbocycles. The molecular formula is C59H92N5O43-3. The first kappa shape index (κ1) is 89.9. The fraction of sp³-hybridized carbons (Fsp3) is 0.847. The number of carbonyl (C=O) groups excluding carboxylic acids is 9. The highest BCUT2D eigenvalue weighted by Crippen LogP contribution is 2.43. The Labute approximate surface area is 604 Å². The minimum atomic E-state index is -3.84. The molecule has 0 radical (unpaired) electrons. The van der Waals surface area contributed by atoms with Gasteiger partial charge in [0.2, 0.25) is 47.4 Å². The zero-order valence-corrected chi connectivity index (χ0v) is 57.5. The number of aliphatic hydroxyl groups excluding tert-OH is 18. The molecule has 34 atom stereocenters. The molecule has 0 aromatic heterocycles. The second-order valence-corrected chi connectivity index (χ2v) is 26.0. The van der Waals surface area contributed by atoms with Gasteiger partial charge in [0, 0.05) is 53.9 Å². The minimum absolute atomic E-state index is 0.192. The quantitative estimate of drug-likeness (QED) is 0.0205. The highest BCUT2D eigenvalue weighted by Gasteiger charge is 2.63. The number of amides is 5. The van der Waals surface area contributed by atoms with Gasteiger partial charge in [-0.2, -0.15) is 0 Å². The van der Waals surface area contributed by atoms with Gasteiger partial charge in [0.25, 0.3) is 0 Å². The van der Waals surface area contributed by atoms with Crippen molar-refractivity contribution in [2.45, 2.75) is 261 Å². The largest absolute Gasteiger partial charge is 0.544 e. The lowest BCUT2D eigenvalue weighted by Crippen LogP contribution is -2.74. The Morgan fingerprint density at radius 3 is 1.28 bits per heavy atom. The summed E-state index contributed by atoms with van der Waals surface area (Å²) >= 11 is 0. The number of aliphatic carboxylic acids is 3. The topological polar surface area (TPSA) is 767 Å². The van der Waals surface area contributed by atoms with E-state index in [0.29, 0.717) is 0 Å². The number of aliphatic hydroxyl groups is 18. The summed E-state index contributed by atoms with van der Waals surface area (Å²) in [5.74, 6) is -24.2. The smallest absolute Gasteiger partial charge is 0.302 e. The Kier molecular flexibility index (Phi) is 32.6. The molecule has 5 amide bonds. The van der Waals surface area contributed by atoms with E-state index < -0.39 is 326 Å². The van der Waals surface area contributed by atoms with Crippen LogP contribution in [0.15, 0.2) is 0 Å². The van der Waals surface area contributed by atoms with E-state index in [9.17, 15) is 150 Å².